The number of hydrogen-bond donors (Lipinski definition) is 3. The van der Waals surface area contributed by atoms with Crippen molar-refractivity contribution < 1.29 is 19.4 Å². The second-order valence-electron chi connectivity index (χ2n) is 6.93. The van der Waals surface area contributed by atoms with Crippen LogP contribution in [0.2, 0.25) is 5.02 Å². The van der Waals surface area contributed by atoms with Crippen LogP contribution in [0.1, 0.15) is 11.1 Å². The number of likely N-dealkylation sites (tertiary alicyclic amines) is 1. The second-order valence-corrected chi connectivity index (χ2v) is 7.36. The minimum Gasteiger partial charge on any atom is -0.388 e. The fourth-order valence-corrected chi connectivity index (χ4v) is 3.28. The number of carbonyl (C=O) groups excluding carboxylic acids is 1. The molecule has 3 rings (SSSR count). The van der Waals surface area contributed by atoms with Crippen molar-refractivity contribution in [3.63, 3.8) is 0 Å². The summed E-state index contributed by atoms with van der Waals surface area (Å²) in [5, 5.41) is 24.6. The first kappa shape index (κ1) is 19.8. The molecule has 7 heteroatoms. The summed E-state index contributed by atoms with van der Waals surface area (Å²) < 4.78 is 12.9. The molecule has 0 saturated carbocycles. The van der Waals surface area contributed by atoms with Crippen molar-refractivity contribution >= 4 is 17.5 Å². The molecule has 1 aliphatic heterocycles. The Bertz CT molecular complexity index is 785. The SMILES string of the molecule is O=C(Cc1ccc(Cl)cc1)N1C[C@@H](O)[C@](O)(CNCc2ccc(F)cc2)C1. The van der Waals surface area contributed by atoms with E-state index in [9.17, 15) is 19.4 Å². The van der Waals surface area contributed by atoms with E-state index in [-0.39, 0.29) is 37.8 Å². The Morgan fingerprint density at radius 1 is 1.19 bits per heavy atom. The van der Waals surface area contributed by atoms with Crippen molar-refractivity contribution in [1.29, 1.82) is 0 Å². The lowest BCUT2D eigenvalue weighted by atomic mass is 10.0. The summed E-state index contributed by atoms with van der Waals surface area (Å²) in [5.74, 6) is -0.468. The molecule has 1 saturated heterocycles. The average molecular weight is 393 g/mol. The predicted molar refractivity (Wildman–Crippen MR) is 101 cm³/mol. The summed E-state index contributed by atoms with van der Waals surface area (Å²) in [4.78, 5) is 13.9. The molecule has 144 valence electrons. The molecule has 3 N–H and O–H groups in total. The molecule has 0 bridgehead atoms. The number of nitrogens with one attached hydrogen (secondary N) is 1. The van der Waals surface area contributed by atoms with Crippen LogP contribution in [0, 0.1) is 5.82 Å². The summed E-state index contributed by atoms with van der Waals surface area (Å²) in [7, 11) is 0. The molecule has 0 radical (unpaired) electrons. The quantitative estimate of drug-likeness (QED) is 0.700. The third-order valence-corrected chi connectivity index (χ3v) is 5.03. The summed E-state index contributed by atoms with van der Waals surface area (Å²) in [6, 6.07) is 13.0. The maximum absolute atomic E-state index is 12.9. The second kappa shape index (κ2) is 8.35. The third kappa shape index (κ3) is 5.05. The Labute approximate surface area is 162 Å². The van der Waals surface area contributed by atoms with Crippen molar-refractivity contribution in [2.24, 2.45) is 0 Å². The van der Waals surface area contributed by atoms with Crippen LogP contribution in [0.15, 0.2) is 48.5 Å². The van der Waals surface area contributed by atoms with E-state index in [1.165, 1.54) is 17.0 Å². The van der Waals surface area contributed by atoms with Crippen LogP contribution in [0.5, 0.6) is 0 Å². The van der Waals surface area contributed by atoms with E-state index in [1.807, 2.05) is 0 Å². The van der Waals surface area contributed by atoms with Gasteiger partial charge in [-0.3, -0.25) is 4.79 Å². The van der Waals surface area contributed by atoms with E-state index >= 15 is 0 Å². The molecule has 1 heterocycles. The zero-order valence-corrected chi connectivity index (χ0v) is 15.5. The fraction of sp³-hybridized carbons (Fsp3) is 0.350. The number of hydrogen-bond acceptors (Lipinski definition) is 4. The number of amides is 1. The highest BCUT2D eigenvalue weighted by molar-refractivity contribution is 6.30. The molecular weight excluding hydrogens is 371 g/mol. The number of carbonyl (C=O) groups is 1. The molecule has 1 amide bonds. The number of aliphatic hydroxyl groups is 2. The molecule has 2 atom stereocenters. The van der Waals surface area contributed by atoms with E-state index < -0.39 is 11.7 Å². The monoisotopic (exact) mass is 392 g/mol. The van der Waals surface area contributed by atoms with Gasteiger partial charge in [-0.2, -0.15) is 0 Å². The lowest BCUT2D eigenvalue weighted by molar-refractivity contribution is -0.130. The average Bonchev–Trinajstić information content (AvgIpc) is 2.94. The van der Waals surface area contributed by atoms with Crippen molar-refractivity contribution in [1.82, 2.24) is 10.2 Å². The van der Waals surface area contributed by atoms with Crippen LogP contribution in [0.25, 0.3) is 0 Å². The minimum atomic E-state index is -1.42. The van der Waals surface area contributed by atoms with Crippen LogP contribution >= 0.6 is 11.6 Å². The molecule has 1 aliphatic rings. The maximum Gasteiger partial charge on any atom is 0.227 e. The number of rotatable bonds is 6. The fourth-order valence-electron chi connectivity index (χ4n) is 3.16. The topological polar surface area (TPSA) is 72.8 Å². The summed E-state index contributed by atoms with van der Waals surface area (Å²) in [5.41, 5.74) is 0.266. The van der Waals surface area contributed by atoms with Crippen molar-refractivity contribution in [3.8, 4) is 0 Å². The van der Waals surface area contributed by atoms with Gasteiger partial charge < -0.3 is 20.4 Å². The lowest BCUT2D eigenvalue weighted by Gasteiger charge is -2.26. The van der Waals surface area contributed by atoms with Gasteiger partial charge in [0.05, 0.1) is 13.0 Å². The van der Waals surface area contributed by atoms with Gasteiger partial charge in [0, 0.05) is 24.7 Å². The van der Waals surface area contributed by atoms with Crippen molar-refractivity contribution in [2.75, 3.05) is 19.6 Å². The molecule has 0 unspecified atom stereocenters. The van der Waals surface area contributed by atoms with Crippen LogP contribution < -0.4 is 5.32 Å². The largest absolute Gasteiger partial charge is 0.388 e. The summed E-state index contributed by atoms with van der Waals surface area (Å²) in [6.07, 6.45) is -0.851. The van der Waals surface area contributed by atoms with Gasteiger partial charge in [0.1, 0.15) is 17.5 Å². The molecule has 0 aliphatic carbocycles. The van der Waals surface area contributed by atoms with Crippen LogP contribution in [-0.4, -0.2) is 52.4 Å². The van der Waals surface area contributed by atoms with E-state index in [1.54, 1.807) is 36.4 Å². The van der Waals surface area contributed by atoms with E-state index in [4.69, 9.17) is 11.6 Å². The summed E-state index contributed by atoms with van der Waals surface area (Å²) in [6.45, 7) is 0.683. The molecule has 1 fully saturated rings. The molecule has 0 aromatic heterocycles. The van der Waals surface area contributed by atoms with Crippen molar-refractivity contribution in [2.45, 2.75) is 24.7 Å². The van der Waals surface area contributed by atoms with Crippen LogP contribution in [-0.2, 0) is 17.8 Å². The maximum atomic E-state index is 12.9. The van der Waals surface area contributed by atoms with Gasteiger partial charge in [0.15, 0.2) is 0 Å². The Morgan fingerprint density at radius 2 is 1.81 bits per heavy atom. The van der Waals surface area contributed by atoms with Crippen LogP contribution in [0.4, 0.5) is 4.39 Å². The number of benzene rings is 2. The van der Waals surface area contributed by atoms with Gasteiger partial charge in [-0.05, 0) is 35.4 Å². The Hall–Kier alpha value is -1.99. The van der Waals surface area contributed by atoms with Gasteiger partial charge in [0.25, 0.3) is 0 Å². The van der Waals surface area contributed by atoms with Crippen LogP contribution in [0.3, 0.4) is 0 Å². The first-order chi connectivity index (χ1) is 12.9. The molecule has 0 spiro atoms. The minimum absolute atomic E-state index is 0.0526. The molecule has 5 nitrogen and oxygen atoms in total. The Morgan fingerprint density at radius 3 is 2.48 bits per heavy atom. The van der Waals surface area contributed by atoms with Gasteiger partial charge in [-0.1, -0.05) is 35.9 Å². The lowest BCUT2D eigenvalue weighted by Crippen LogP contribution is -2.50. The highest BCUT2D eigenvalue weighted by atomic mass is 35.5. The van der Waals surface area contributed by atoms with Crippen molar-refractivity contribution in [3.05, 3.63) is 70.5 Å². The molecular formula is C20H22ClFN2O3. The zero-order valence-electron chi connectivity index (χ0n) is 14.7. The molecule has 2 aromatic rings. The Balaban J connectivity index is 1.53. The van der Waals surface area contributed by atoms with Gasteiger partial charge in [0.2, 0.25) is 5.91 Å². The third-order valence-electron chi connectivity index (χ3n) is 4.77. The standard InChI is InChI=1S/C20H22ClFN2O3/c21-16-5-1-14(2-6-16)9-19(26)24-11-18(25)20(27,13-24)12-23-10-15-3-7-17(22)8-4-15/h1-8,18,23,25,27H,9-13H2/t18-,20+/m1/s1. The Kier molecular flexibility index (Phi) is 6.11. The predicted octanol–water partition coefficient (Wildman–Crippen LogP) is 1.75. The number of β-amino-alcohol motifs (C(OH)–C–C–N with tert-alkyl or cyclic N) is 2. The molecule has 27 heavy (non-hydrogen) atoms. The summed E-state index contributed by atoms with van der Waals surface area (Å²) >= 11 is 5.85. The molecule has 2 aromatic carbocycles. The van der Waals surface area contributed by atoms with Gasteiger partial charge >= 0.3 is 0 Å². The number of nitrogens with zero attached hydrogens (tertiary/aromatic N) is 1. The van der Waals surface area contributed by atoms with E-state index in [0.29, 0.717) is 11.6 Å². The highest BCUT2D eigenvalue weighted by Crippen LogP contribution is 2.23. The zero-order chi connectivity index (χ0) is 19.4. The first-order valence-electron chi connectivity index (χ1n) is 8.73. The van der Waals surface area contributed by atoms with Gasteiger partial charge in [-0.15, -0.1) is 0 Å². The highest BCUT2D eigenvalue weighted by Gasteiger charge is 2.45. The first-order valence-corrected chi connectivity index (χ1v) is 9.11. The van der Waals surface area contributed by atoms with E-state index in [0.717, 1.165) is 11.1 Å². The van der Waals surface area contributed by atoms with E-state index in [2.05, 4.69) is 5.32 Å². The number of halogens is 2. The smallest absolute Gasteiger partial charge is 0.227 e. The number of aliphatic hydroxyl groups excluding tert-OH is 1. The van der Waals surface area contributed by atoms with Gasteiger partial charge in [-0.25, -0.2) is 4.39 Å². The normalized spacial score (nSPS) is 22.2.